The minimum absolute atomic E-state index is 0.137. The topological polar surface area (TPSA) is 93.8 Å². The van der Waals surface area contributed by atoms with E-state index in [-0.39, 0.29) is 12.6 Å². The Balaban J connectivity index is 1.99. The number of aliphatic hydroxyl groups is 2. The van der Waals surface area contributed by atoms with E-state index in [9.17, 15) is 9.90 Å². The van der Waals surface area contributed by atoms with Crippen molar-refractivity contribution < 1.29 is 19.7 Å². The number of aromatic nitrogens is 2. The summed E-state index contributed by atoms with van der Waals surface area (Å²) in [6.45, 7) is -0.277. The highest BCUT2D eigenvalue weighted by Crippen LogP contribution is 2.38. The van der Waals surface area contributed by atoms with Gasteiger partial charge in [-0.15, -0.1) is 0 Å². The summed E-state index contributed by atoms with van der Waals surface area (Å²) in [4.78, 5) is 14.7. The highest BCUT2D eigenvalue weighted by Gasteiger charge is 2.50. The summed E-state index contributed by atoms with van der Waals surface area (Å²) < 4.78 is 12.3. The number of hydrogen-bond donors (Lipinski definition) is 2. The van der Waals surface area contributed by atoms with Gasteiger partial charge in [-0.1, -0.05) is 0 Å². The van der Waals surface area contributed by atoms with E-state index in [1.54, 1.807) is 0 Å². The lowest BCUT2D eigenvalue weighted by Crippen LogP contribution is -2.34. The van der Waals surface area contributed by atoms with E-state index in [1.807, 2.05) is 0 Å². The van der Waals surface area contributed by atoms with Crippen LogP contribution in [-0.4, -0.2) is 44.7 Å². The van der Waals surface area contributed by atoms with Crippen molar-refractivity contribution >= 4 is 0 Å². The summed E-state index contributed by atoms with van der Waals surface area (Å²) >= 11 is 0. The molecule has 2 aliphatic rings. The molecule has 1 aromatic rings. The number of hydrogen-bond acceptors (Lipinski definition) is 6. The van der Waals surface area contributed by atoms with E-state index >= 15 is 0 Å². The lowest BCUT2D eigenvalue weighted by molar-refractivity contribution is -0.0434. The summed E-state index contributed by atoms with van der Waals surface area (Å²) in [6.07, 6.45) is -1.24. The van der Waals surface area contributed by atoms with Crippen LogP contribution in [0, 0.1) is 0 Å². The fraction of sp³-hybridized carbons (Fsp3) is 0.556. The van der Waals surface area contributed by atoms with Crippen LogP contribution in [0.25, 0.3) is 0 Å². The molecule has 0 saturated carbocycles. The van der Waals surface area contributed by atoms with Gasteiger partial charge in [0.15, 0.2) is 12.3 Å². The Morgan fingerprint density at radius 3 is 3.12 bits per heavy atom. The molecular formula is C9H10N2O5. The molecule has 2 unspecified atom stereocenters. The Kier molecular flexibility index (Phi) is 2.00. The van der Waals surface area contributed by atoms with E-state index in [0.29, 0.717) is 0 Å². The fourth-order valence-electron chi connectivity index (χ4n) is 2.02. The van der Waals surface area contributed by atoms with Crippen molar-refractivity contribution in [2.75, 3.05) is 6.61 Å². The van der Waals surface area contributed by atoms with Crippen LogP contribution in [0.3, 0.4) is 0 Å². The van der Waals surface area contributed by atoms with Crippen molar-refractivity contribution in [2.45, 2.75) is 24.5 Å². The molecule has 0 aliphatic carbocycles. The van der Waals surface area contributed by atoms with Gasteiger partial charge in [-0.05, 0) is 0 Å². The van der Waals surface area contributed by atoms with E-state index in [1.165, 1.54) is 16.8 Å². The predicted octanol–water partition coefficient (Wildman–Crippen LogP) is -1.75. The maximum atomic E-state index is 11.0. The van der Waals surface area contributed by atoms with Crippen molar-refractivity contribution in [3.05, 3.63) is 22.6 Å². The highest BCUT2D eigenvalue weighted by molar-refractivity contribution is 5.10. The first-order valence-electron chi connectivity index (χ1n) is 4.91. The first-order chi connectivity index (χ1) is 7.70. The van der Waals surface area contributed by atoms with Gasteiger partial charge in [0.1, 0.15) is 12.2 Å². The molecule has 1 saturated heterocycles. The number of ether oxygens (including phenoxy) is 2. The maximum Gasteiger partial charge on any atom is 0.302 e. The molecule has 7 heteroatoms. The quantitative estimate of drug-likeness (QED) is 0.590. The third-order valence-electron chi connectivity index (χ3n) is 2.81. The number of aliphatic hydroxyl groups excluding tert-OH is 2. The molecule has 86 valence electrons. The molecule has 3 heterocycles. The van der Waals surface area contributed by atoms with E-state index < -0.39 is 30.1 Å². The number of rotatable bonds is 1. The fourth-order valence-corrected chi connectivity index (χ4v) is 2.02. The molecule has 0 aromatic carbocycles. The van der Waals surface area contributed by atoms with Crippen LogP contribution in [-0.2, 0) is 4.74 Å². The Morgan fingerprint density at radius 2 is 2.38 bits per heavy atom. The van der Waals surface area contributed by atoms with E-state index in [4.69, 9.17) is 14.6 Å². The molecule has 3 rings (SSSR count). The van der Waals surface area contributed by atoms with Gasteiger partial charge in [-0.25, -0.2) is 0 Å². The Bertz CT molecular complexity index is 473. The second-order valence-corrected chi connectivity index (χ2v) is 3.78. The van der Waals surface area contributed by atoms with Crippen molar-refractivity contribution in [1.29, 1.82) is 0 Å². The van der Waals surface area contributed by atoms with Gasteiger partial charge in [0, 0.05) is 12.3 Å². The Labute approximate surface area is 89.9 Å². The normalized spacial score (nSPS) is 35.6. The standard InChI is InChI=1S/C9H10N2O5/c12-3-4-6(14)7-8(15-4)11-2-1-5(13)10-9(11)16-7/h1-2,4,6-8,12,14H,3H2/t4-,6?,7?,8-/m0/s1. The van der Waals surface area contributed by atoms with Gasteiger partial charge < -0.3 is 19.7 Å². The Hall–Kier alpha value is -1.44. The largest absolute Gasteiger partial charge is 0.453 e. The minimum Gasteiger partial charge on any atom is -0.453 e. The monoisotopic (exact) mass is 226 g/mol. The van der Waals surface area contributed by atoms with Crippen molar-refractivity contribution in [3.63, 3.8) is 0 Å². The van der Waals surface area contributed by atoms with Gasteiger partial charge in [-0.2, -0.15) is 4.98 Å². The maximum absolute atomic E-state index is 11.0. The van der Waals surface area contributed by atoms with Crippen LogP contribution in [0.4, 0.5) is 0 Å². The first-order valence-corrected chi connectivity index (χ1v) is 4.91. The van der Waals surface area contributed by atoms with Crippen molar-refractivity contribution in [3.8, 4) is 6.01 Å². The molecule has 4 atom stereocenters. The molecule has 2 N–H and O–H groups in total. The van der Waals surface area contributed by atoms with Crippen LogP contribution >= 0.6 is 0 Å². The van der Waals surface area contributed by atoms with E-state index in [0.717, 1.165) is 0 Å². The summed E-state index contributed by atoms with van der Waals surface area (Å²) in [6, 6.07) is 1.43. The molecule has 0 spiro atoms. The molecule has 1 fully saturated rings. The van der Waals surface area contributed by atoms with Gasteiger partial charge >= 0.3 is 6.01 Å². The lowest BCUT2D eigenvalue weighted by atomic mass is 10.1. The zero-order chi connectivity index (χ0) is 11.3. The van der Waals surface area contributed by atoms with Crippen molar-refractivity contribution in [2.24, 2.45) is 0 Å². The third-order valence-corrected chi connectivity index (χ3v) is 2.81. The zero-order valence-corrected chi connectivity index (χ0v) is 8.18. The second-order valence-electron chi connectivity index (χ2n) is 3.78. The molecule has 7 nitrogen and oxygen atoms in total. The third kappa shape index (κ3) is 1.19. The minimum atomic E-state index is -0.924. The SMILES string of the molecule is O=c1ccn2c(n1)OC1C(O)[C@H](CO)O[C@@H]12. The Morgan fingerprint density at radius 1 is 1.56 bits per heavy atom. The summed E-state index contributed by atoms with van der Waals surface area (Å²) in [5, 5.41) is 18.7. The average molecular weight is 226 g/mol. The summed E-state index contributed by atoms with van der Waals surface area (Å²) in [5.41, 5.74) is -0.403. The molecule has 16 heavy (non-hydrogen) atoms. The molecule has 0 bridgehead atoms. The predicted molar refractivity (Wildman–Crippen MR) is 49.9 cm³/mol. The zero-order valence-electron chi connectivity index (χ0n) is 8.18. The lowest BCUT2D eigenvalue weighted by Gasteiger charge is -2.13. The van der Waals surface area contributed by atoms with Crippen molar-refractivity contribution in [1.82, 2.24) is 9.55 Å². The van der Waals surface area contributed by atoms with Crippen LogP contribution < -0.4 is 10.3 Å². The van der Waals surface area contributed by atoms with E-state index in [2.05, 4.69) is 4.98 Å². The second kappa shape index (κ2) is 3.27. The molecule has 1 aromatic heterocycles. The number of nitrogens with zero attached hydrogens (tertiary/aromatic N) is 2. The van der Waals surface area contributed by atoms with Crippen LogP contribution in [0.5, 0.6) is 6.01 Å². The molecule has 2 aliphatic heterocycles. The van der Waals surface area contributed by atoms with Gasteiger partial charge in [0.25, 0.3) is 5.56 Å². The van der Waals surface area contributed by atoms with Crippen LogP contribution in [0.2, 0.25) is 0 Å². The first kappa shape index (κ1) is 9.76. The number of fused-ring (bicyclic) bond motifs is 3. The average Bonchev–Trinajstić information content (AvgIpc) is 2.75. The molecule has 0 radical (unpaired) electrons. The van der Waals surface area contributed by atoms with Gasteiger partial charge in [0.2, 0.25) is 0 Å². The van der Waals surface area contributed by atoms with Crippen LogP contribution in [0.1, 0.15) is 6.23 Å². The highest BCUT2D eigenvalue weighted by atomic mass is 16.6. The van der Waals surface area contributed by atoms with Gasteiger partial charge in [-0.3, -0.25) is 9.36 Å². The summed E-state index contributed by atoms with van der Waals surface area (Å²) in [7, 11) is 0. The smallest absolute Gasteiger partial charge is 0.302 e. The molecular weight excluding hydrogens is 216 g/mol. The molecule has 0 amide bonds. The van der Waals surface area contributed by atoms with Gasteiger partial charge in [0.05, 0.1) is 6.61 Å². The summed E-state index contributed by atoms with van der Waals surface area (Å²) in [5.74, 6) is 0. The van der Waals surface area contributed by atoms with Crippen LogP contribution in [0.15, 0.2) is 17.1 Å².